The molecule has 3 rings (SSSR count). The number of rotatable bonds is 6. The number of halogens is 2. The molecular weight excluding hydrogens is 395 g/mol. The first kappa shape index (κ1) is 20.4. The molecular formula is C21H22Cl2N4O. The predicted octanol–water partition coefficient (Wildman–Crippen LogP) is 4.51. The first-order valence-corrected chi connectivity index (χ1v) is 9.71. The van der Waals surface area contributed by atoms with Crippen molar-refractivity contribution >= 4 is 29.1 Å². The first-order chi connectivity index (χ1) is 13.3. The summed E-state index contributed by atoms with van der Waals surface area (Å²) < 4.78 is 1.81. The average molecular weight is 417 g/mol. The van der Waals surface area contributed by atoms with Crippen molar-refractivity contribution in [3.8, 4) is 0 Å². The van der Waals surface area contributed by atoms with Crippen LogP contribution in [-0.2, 0) is 31.4 Å². The van der Waals surface area contributed by atoms with E-state index >= 15 is 0 Å². The molecule has 0 fully saturated rings. The van der Waals surface area contributed by atoms with E-state index in [1.165, 1.54) is 0 Å². The molecule has 146 valence electrons. The van der Waals surface area contributed by atoms with Crippen LogP contribution in [0.25, 0.3) is 0 Å². The maximum atomic E-state index is 13.2. The molecule has 1 aromatic carbocycles. The summed E-state index contributed by atoms with van der Waals surface area (Å²) in [5, 5.41) is 5.38. The normalized spacial score (nSPS) is 10.9. The van der Waals surface area contributed by atoms with Crippen molar-refractivity contribution < 1.29 is 4.79 Å². The van der Waals surface area contributed by atoms with Crippen molar-refractivity contribution in [2.45, 2.75) is 33.4 Å². The fourth-order valence-electron chi connectivity index (χ4n) is 3.11. The number of carbonyl (C=O) groups excluding carboxylic acids is 1. The Hall–Kier alpha value is -2.37. The maximum absolute atomic E-state index is 13.2. The molecule has 7 heteroatoms. The molecule has 0 saturated heterocycles. The van der Waals surface area contributed by atoms with Crippen LogP contribution in [0.15, 0.2) is 42.6 Å². The molecule has 3 aromatic rings. The predicted molar refractivity (Wildman–Crippen MR) is 111 cm³/mol. The molecule has 0 radical (unpaired) electrons. The quantitative estimate of drug-likeness (QED) is 0.593. The summed E-state index contributed by atoms with van der Waals surface area (Å²) in [5.41, 5.74) is 4.58. The fraction of sp³-hybridized carbons (Fsp3) is 0.286. The van der Waals surface area contributed by atoms with E-state index in [2.05, 4.69) is 10.1 Å². The van der Waals surface area contributed by atoms with Crippen molar-refractivity contribution in [2.24, 2.45) is 7.05 Å². The molecule has 28 heavy (non-hydrogen) atoms. The smallest absolute Gasteiger partial charge is 0.227 e. The van der Waals surface area contributed by atoms with Gasteiger partial charge in [0, 0.05) is 31.0 Å². The molecule has 1 amide bonds. The number of amides is 1. The summed E-state index contributed by atoms with van der Waals surface area (Å²) in [5.74, 6) is 0.0101. The fourth-order valence-corrected chi connectivity index (χ4v) is 3.43. The van der Waals surface area contributed by atoms with Gasteiger partial charge in [-0.05, 0) is 43.7 Å². The number of hydrogen-bond acceptors (Lipinski definition) is 3. The third-order valence-corrected chi connectivity index (χ3v) is 5.52. The summed E-state index contributed by atoms with van der Waals surface area (Å²) >= 11 is 12.2. The Labute approximate surface area is 174 Å². The van der Waals surface area contributed by atoms with Crippen molar-refractivity contribution in [2.75, 3.05) is 0 Å². The van der Waals surface area contributed by atoms with E-state index in [0.29, 0.717) is 29.6 Å². The van der Waals surface area contributed by atoms with Crippen LogP contribution in [0.3, 0.4) is 0 Å². The van der Waals surface area contributed by atoms with Gasteiger partial charge in [0.25, 0.3) is 0 Å². The van der Waals surface area contributed by atoms with Gasteiger partial charge in [0.05, 0.1) is 34.4 Å². The molecule has 2 aromatic heterocycles. The van der Waals surface area contributed by atoms with Crippen LogP contribution in [0.1, 0.15) is 28.2 Å². The van der Waals surface area contributed by atoms with E-state index in [4.69, 9.17) is 23.2 Å². The Morgan fingerprint density at radius 1 is 1.11 bits per heavy atom. The minimum Gasteiger partial charge on any atom is -0.332 e. The lowest BCUT2D eigenvalue weighted by atomic mass is 10.1. The van der Waals surface area contributed by atoms with Gasteiger partial charge in [-0.15, -0.1) is 0 Å². The molecule has 0 spiro atoms. The number of hydrogen-bond donors (Lipinski definition) is 0. The van der Waals surface area contributed by atoms with Crippen LogP contribution < -0.4 is 0 Å². The highest BCUT2D eigenvalue weighted by atomic mass is 35.5. The molecule has 0 unspecified atom stereocenters. The summed E-state index contributed by atoms with van der Waals surface area (Å²) in [6.45, 7) is 4.74. The van der Waals surface area contributed by atoms with E-state index in [0.717, 1.165) is 28.2 Å². The van der Waals surface area contributed by atoms with Gasteiger partial charge in [0.15, 0.2) is 0 Å². The molecule has 0 N–H and O–H groups in total. The third kappa shape index (κ3) is 4.72. The van der Waals surface area contributed by atoms with Crippen LogP contribution >= 0.6 is 23.2 Å². The number of benzene rings is 1. The average Bonchev–Trinajstić information content (AvgIpc) is 2.91. The molecule has 0 aliphatic heterocycles. The van der Waals surface area contributed by atoms with Gasteiger partial charge in [0.1, 0.15) is 0 Å². The zero-order valence-corrected chi connectivity index (χ0v) is 17.6. The van der Waals surface area contributed by atoms with Gasteiger partial charge in [0.2, 0.25) is 5.91 Å². The second-order valence-electron chi connectivity index (χ2n) is 6.77. The summed E-state index contributed by atoms with van der Waals surface area (Å²) in [6, 6.07) is 11.1. The highest BCUT2D eigenvalue weighted by Crippen LogP contribution is 2.24. The molecule has 0 atom stereocenters. The second kappa shape index (κ2) is 8.76. The minimum atomic E-state index is 0.0101. The maximum Gasteiger partial charge on any atom is 0.227 e. The molecule has 2 heterocycles. The lowest BCUT2D eigenvalue weighted by molar-refractivity contribution is -0.131. The number of aryl methyl sites for hydroxylation is 2. The Kier molecular flexibility index (Phi) is 6.37. The summed E-state index contributed by atoms with van der Waals surface area (Å²) in [7, 11) is 1.89. The van der Waals surface area contributed by atoms with E-state index in [9.17, 15) is 4.79 Å². The Bertz CT molecular complexity index is 986. The molecule has 0 saturated carbocycles. The molecule has 5 nitrogen and oxygen atoms in total. The second-order valence-corrected chi connectivity index (χ2v) is 7.58. The molecule has 0 aliphatic carbocycles. The van der Waals surface area contributed by atoms with Gasteiger partial charge >= 0.3 is 0 Å². The van der Waals surface area contributed by atoms with E-state index in [1.54, 1.807) is 27.9 Å². The van der Waals surface area contributed by atoms with Gasteiger partial charge in [-0.1, -0.05) is 35.3 Å². The van der Waals surface area contributed by atoms with Gasteiger partial charge < -0.3 is 4.90 Å². The first-order valence-electron chi connectivity index (χ1n) is 8.96. The van der Waals surface area contributed by atoms with Crippen LogP contribution in [0, 0.1) is 13.8 Å². The zero-order chi connectivity index (χ0) is 20.3. The van der Waals surface area contributed by atoms with Crippen molar-refractivity contribution in [1.29, 1.82) is 0 Å². The topological polar surface area (TPSA) is 51.0 Å². The monoisotopic (exact) mass is 416 g/mol. The Morgan fingerprint density at radius 2 is 1.89 bits per heavy atom. The lowest BCUT2D eigenvalue weighted by Crippen LogP contribution is -2.32. The van der Waals surface area contributed by atoms with E-state index < -0.39 is 0 Å². The Balaban J connectivity index is 1.86. The van der Waals surface area contributed by atoms with Crippen molar-refractivity contribution in [3.63, 3.8) is 0 Å². The largest absolute Gasteiger partial charge is 0.332 e. The highest BCUT2D eigenvalue weighted by molar-refractivity contribution is 6.42. The van der Waals surface area contributed by atoms with Gasteiger partial charge in [-0.25, -0.2) is 0 Å². The van der Waals surface area contributed by atoms with Crippen LogP contribution in [0.2, 0.25) is 10.0 Å². The van der Waals surface area contributed by atoms with Crippen molar-refractivity contribution in [1.82, 2.24) is 19.7 Å². The van der Waals surface area contributed by atoms with Crippen LogP contribution in [0.5, 0.6) is 0 Å². The number of nitrogens with zero attached hydrogens (tertiary/aromatic N) is 4. The van der Waals surface area contributed by atoms with Crippen LogP contribution in [-0.4, -0.2) is 25.6 Å². The highest BCUT2D eigenvalue weighted by Gasteiger charge is 2.20. The molecule has 0 aliphatic rings. The third-order valence-electron chi connectivity index (χ3n) is 4.78. The van der Waals surface area contributed by atoms with E-state index in [-0.39, 0.29) is 5.91 Å². The zero-order valence-electron chi connectivity index (χ0n) is 16.1. The number of aromatic nitrogens is 3. The Morgan fingerprint density at radius 3 is 2.50 bits per heavy atom. The SMILES string of the molecule is Cc1nn(C)c(C)c1CC(=O)N(Cc1ccc(Cl)c(Cl)c1)Cc1ccccn1. The summed E-state index contributed by atoms with van der Waals surface area (Å²) in [4.78, 5) is 19.3. The lowest BCUT2D eigenvalue weighted by Gasteiger charge is -2.23. The van der Waals surface area contributed by atoms with Gasteiger partial charge in [-0.3, -0.25) is 14.5 Å². The summed E-state index contributed by atoms with van der Waals surface area (Å²) in [6.07, 6.45) is 2.02. The molecule has 0 bridgehead atoms. The van der Waals surface area contributed by atoms with Crippen LogP contribution in [0.4, 0.5) is 0 Å². The number of carbonyl (C=O) groups is 1. The van der Waals surface area contributed by atoms with E-state index in [1.807, 2.05) is 45.2 Å². The number of pyridine rings is 1. The van der Waals surface area contributed by atoms with Gasteiger partial charge in [-0.2, -0.15) is 5.10 Å². The minimum absolute atomic E-state index is 0.0101. The standard InChI is InChI=1S/C21H22Cl2N4O/c1-14-18(15(2)26(3)25-14)11-21(28)27(13-17-6-4-5-9-24-17)12-16-7-8-19(22)20(23)10-16/h4-10H,11-13H2,1-3H3. The van der Waals surface area contributed by atoms with Crippen molar-refractivity contribution in [3.05, 3.63) is 80.8 Å².